The van der Waals surface area contributed by atoms with Gasteiger partial charge in [-0.25, -0.2) is 13.7 Å². The maximum Gasteiger partial charge on any atom is 0.332 e. The lowest BCUT2D eigenvalue weighted by Crippen LogP contribution is -2.36. The molecule has 1 unspecified atom stereocenters. The molecule has 0 spiro atoms. The molecule has 0 amide bonds. The number of nitrogens with zero attached hydrogens (tertiary/aromatic N) is 5. The first-order valence-corrected chi connectivity index (χ1v) is 15.0. The number of carbonyl (C=O) groups is 1. The maximum absolute atomic E-state index is 15.6. The molecule has 2 heterocycles. The number of carboxylic acids is 1. The summed E-state index contributed by atoms with van der Waals surface area (Å²) in [6.07, 6.45) is 5.73. The molecule has 0 bridgehead atoms. The van der Waals surface area contributed by atoms with Gasteiger partial charge in [0.1, 0.15) is 12.1 Å². The number of nitriles is 1. The molecule has 2 aromatic carbocycles. The van der Waals surface area contributed by atoms with Crippen LogP contribution >= 0.6 is 0 Å². The molecule has 224 valence electrons. The Morgan fingerprint density at radius 2 is 1.95 bits per heavy atom. The largest absolute Gasteiger partial charge is 0.479 e. The van der Waals surface area contributed by atoms with Crippen LogP contribution in [0.1, 0.15) is 87.2 Å². The van der Waals surface area contributed by atoms with Crippen molar-refractivity contribution in [1.29, 1.82) is 5.26 Å². The molecule has 1 aliphatic rings. The van der Waals surface area contributed by atoms with Crippen molar-refractivity contribution in [1.82, 2.24) is 19.2 Å². The summed E-state index contributed by atoms with van der Waals surface area (Å²) >= 11 is 0. The Labute approximate surface area is 249 Å². The Kier molecular flexibility index (Phi) is 9.31. The minimum absolute atomic E-state index is 0.0922. The Morgan fingerprint density at radius 1 is 1.19 bits per heavy atom. The van der Waals surface area contributed by atoms with Crippen LogP contribution in [-0.2, 0) is 22.4 Å². The van der Waals surface area contributed by atoms with E-state index in [-0.39, 0.29) is 24.1 Å². The maximum atomic E-state index is 15.6. The van der Waals surface area contributed by atoms with E-state index in [0.717, 1.165) is 18.5 Å². The van der Waals surface area contributed by atoms with Gasteiger partial charge < -0.3 is 9.84 Å². The van der Waals surface area contributed by atoms with E-state index in [0.29, 0.717) is 72.1 Å². The van der Waals surface area contributed by atoms with Crippen molar-refractivity contribution in [3.8, 4) is 17.2 Å². The Hall–Kier alpha value is -4.36. The van der Waals surface area contributed by atoms with Crippen LogP contribution in [0.2, 0.25) is 0 Å². The van der Waals surface area contributed by atoms with Gasteiger partial charge in [-0.15, -0.1) is 0 Å². The van der Waals surface area contributed by atoms with Crippen molar-refractivity contribution in [2.24, 2.45) is 0 Å². The van der Waals surface area contributed by atoms with Crippen LogP contribution in [0.5, 0.6) is 0 Å². The van der Waals surface area contributed by atoms with Gasteiger partial charge in [0.25, 0.3) is 5.56 Å². The molecule has 9 nitrogen and oxygen atoms in total. The number of carboxylic acid groups (broad SMARTS) is 1. The molecule has 43 heavy (non-hydrogen) atoms. The second-order valence-electron chi connectivity index (χ2n) is 11.1. The van der Waals surface area contributed by atoms with Gasteiger partial charge in [-0.1, -0.05) is 50.6 Å². The van der Waals surface area contributed by atoms with Crippen LogP contribution in [0, 0.1) is 17.1 Å². The van der Waals surface area contributed by atoms with Crippen LogP contribution in [0.3, 0.4) is 0 Å². The SMILES string of the molecule is CCCCc1c(Cc2ccc(-c3ccccc3C#N)cc2F)c(=O)n(C2CCC(OC(CC)C(=O)O)CC2)c2ncnn12. The zero-order valence-corrected chi connectivity index (χ0v) is 24.5. The van der Waals surface area contributed by atoms with E-state index in [2.05, 4.69) is 23.1 Å². The fourth-order valence-electron chi connectivity index (χ4n) is 6.07. The van der Waals surface area contributed by atoms with Gasteiger partial charge in [-0.05, 0) is 73.8 Å². The Balaban J connectivity index is 1.50. The second kappa shape index (κ2) is 13.3. The van der Waals surface area contributed by atoms with E-state index in [9.17, 15) is 20.0 Å². The number of halogens is 1. The summed E-state index contributed by atoms with van der Waals surface area (Å²) < 4.78 is 24.9. The van der Waals surface area contributed by atoms with E-state index >= 15 is 4.39 Å². The van der Waals surface area contributed by atoms with Crippen molar-refractivity contribution in [2.45, 2.75) is 89.9 Å². The van der Waals surface area contributed by atoms with Gasteiger partial charge in [0.05, 0.1) is 23.4 Å². The standard InChI is InChI=1S/C33H36FN5O4/c1-3-5-10-29-27(17-22-12-11-21(18-28(22)34)26-9-7-6-8-23(26)19-35)31(40)38(33-36-20-37-39(29)33)24-13-15-25(16-14-24)43-30(4-2)32(41)42/h6-9,11-12,18,20,24-25,30H,3-5,10,13-17H2,1-2H3,(H,41,42). The highest BCUT2D eigenvalue weighted by Gasteiger charge is 2.30. The third-order valence-corrected chi connectivity index (χ3v) is 8.38. The number of hydrogen-bond donors (Lipinski definition) is 1. The normalized spacial score (nSPS) is 17.5. The fraction of sp³-hybridized carbons (Fsp3) is 0.424. The van der Waals surface area contributed by atoms with Crippen molar-refractivity contribution in [3.63, 3.8) is 0 Å². The third-order valence-electron chi connectivity index (χ3n) is 8.38. The molecule has 0 saturated heterocycles. The van der Waals surface area contributed by atoms with Gasteiger partial charge in [0, 0.05) is 18.0 Å². The predicted molar refractivity (Wildman–Crippen MR) is 159 cm³/mol. The molecule has 1 N–H and O–H groups in total. The summed E-state index contributed by atoms with van der Waals surface area (Å²) in [7, 11) is 0. The number of ether oxygens (including phenoxy) is 1. The molecule has 2 aromatic heterocycles. The number of benzene rings is 2. The lowest BCUT2D eigenvalue weighted by atomic mass is 9.92. The van der Waals surface area contributed by atoms with Gasteiger partial charge in [-0.2, -0.15) is 15.3 Å². The molecule has 1 atom stereocenters. The molecule has 10 heteroatoms. The average Bonchev–Trinajstić information content (AvgIpc) is 3.50. The van der Waals surface area contributed by atoms with Gasteiger partial charge in [0.2, 0.25) is 5.78 Å². The number of unbranched alkanes of at least 4 members (excludes halogenated alkanes) is 1. The minimum Gasteiger partial charge on any atom is -0.479 e. The van der Waals surface area contributed by atoms with Gasteiger partial charge in [0.15, 0.2) is 6.10 Å². The molecule has 0 aliphatic heterocycles. The van der Waals surface area contributed by atoms with Crippen molar-refractivity contribution >= 4 is 11.7 Å². The van der Waals surface area contributed by atoms with Gasteiger partial charge >= 0.3 is 5.97 Å². The molecule has 5 rings (SSSR count). The number of rotatable bonds is 11. The highest BCUT2D eigenvalue weighted by Crippen LogP contribution is 2.32. The van der Waals surface area contributed by atoms with E-state index in [1.807, 2.05) is 6.07 Å². The zero-order valence-electron chi connectivity index (χ0n) is 24.5. The fourth-order valence-corrected chi connectivity index (χ4v) is 6.07. The quantitative estimate of drug-likeness (QED) is 0.234. The molecule has 0 radical (unpaired) electrons. The number of aliphatic carboxylic acids is 1. The van der Waals surface area contributed by atoms with Crippen LogP contribution in [0.25, 0.3) is 16.9 Å². The molecular formula is C33H36FN5O4. The first-order chi connectivity index (χ1) is 20.9. The summed E-state index contributed by atoms with van der Waals surface area (Å²) in [4.78, 5) is 30.2. The van der Waals surface area contributed by atoms with Crippen LogP contribution in [0.15, 0.2) is 53.6 Å². The second-order valence-corrected chi connectivity index (χ2v) is 11.1. The van der Waals surface area contributed by atoms with E-state index < -0.39 is 17.9 Å². The van der Waals surface area contributed by atoms with Crippen molar-refractivity contribution in [2.75, 3.05) is 0 Å². The number of fused-ring (bicyclic) bond motifs is 1. The zero-order chi connectivity index (χ0) is 30.5. The molecule has 4 aromatic rings. The average molecular weight is 586 g/mol. The summed E-state index contributed by atoms with van der Waals surface area (Å²) in [5.74, 6) is -0.948. The molecule has 1 aliphatic carbocycles. The first-order valence-electron chi connectivity index (χ1n) is 15.0. The lowest BCUT2D eigenvalue weighted by molar-refractivity contribution is -0.156. The van der Waals surface area contributed by atoms with E-state index in [4.69, 9.17) is 4.74 Å². The monoisotopic (exact) mass is 585 g/mol. The topological polar surface area (TPSA) is 123 Å². The van der Waals surface area contributed by atoms with E-state index in [1.165, 1.54) is 12.4 Å². The predicted octanol–water partition coefficient (Wildman–Crippen LogP) is 5.87. The van der Waals surface area contributed by atoms with Crippen molar-refractivity contribution < 1.29 is 19.0 Å². The molecular weight excluding hydrogens is 549 g/mol. The minimum atomic E-state index is -0.965. The highest BCUT2D eigenvalue weighted by atomic mass is 19.1. The van der Waals surface area contributed by atoms with Crippen molar-refractivity contribution in [3.05, 3.63) is 87.3 Å². The van der Waals surface area contributed by atoms with E-state index in [1.54, 1.807) is 46.3 Å². The number of aryl methyl sites for hydroxylation is 1. The molecule has 1 fully saturated rings. The summed E-state index contributed by atoms with van der Waals surface area (Å²) in [5, 5.41) is 23.4. The summed E-state index contributed by atoms with van der Waals surface area (Å²) in [5.41, 5.74) is 3.12. The van der Waals surface area contributed by atoms with Gasteiger partial charge in [-0.3, -0.25) is 9.36 Å². The number of hydrogen-bond acceptors (Lipinski definition) is 6. The summed E-state index contributed by atoms with van der Waals surface area (Å²) in [6.45, 7) is 3.86. The molecule has 1 saturated carbocycles. The first kappa shape index (κ1) is 30.1. The number of aromatic nitrogens is 4. The van der Waals surface area contributed by atoms with Crippen LogP contribution < -0.4 is 5.56 Å². The highest BCUT2D eigenvalue weighted by molar-refractivity contribution is 5.72. The Morgan fingerprint density at radius 3 is 2.63 bits per heavy atom. The Bertz CT molecular complexity index is 1710. The smallest absolute Gasteiger partial charge is 0.332 e. The lowest BCUT2D eigenvalue weighted by Gasteiger charge is -2.31. The summed E-state index contributed by atoms with van der Waals surface area (Å²) in [6, 6.07) is 14.0. The third kappa shape index (κ3) is 6.22. The van der Waals surface area contributed by atoms with Crippen LogP contribution in [-0.4, -0.2) is 42.4 Å². The van der Waals surface area contributed by atoms with Crippen LogP contribution in [0.4, 0.5) is 4.39 Å².